The molecule has 0 saturated heterocycles. The second-order valence-corrected chi connectivity index (χ2v) is 7.40. The summed E-state index contributed by atoms with van der Waals surface area (Å²) in [6.07, 6.45) is 5.66. The number of hydrogen-bond acceptors (Lipinski definition) is 2. The first-order chi connectivity index (χ1) is 10.0. The van der Waals surface area contributed by atoms with Gasteiger partial charge in [-0.25, -0.2) is 0 Å². The molecule has 1 aromatic heterocycles. The van der Waals surface area contributed by atoms with Gasteiger partial charge >= 0.3 is 0 Å². The van der Waals surface area contributed by atoms with E-state index in [4.69, 9.17) is 4.99 Å². The van der Waals surface area contributed by atoms with Crippen LogP contribution in [0.15, 0.2) is 41.5 Å². The van der Waals surface area contributed by atoms with E-state index in [9.17, 15) is 0 Å². The van der Waals surface area contributed by atoms with Crippen molar-refractivity contribution in [1.82, 2.24) is 4.98 Å². The lowest BCUT2D eigenvalue weighted by atomic mass is 9.70. The van der Waals surface area contributed by atoms with E-state index in [0.29, 0.717) is 5.41 Å². The van der Waals surface area contributed by atoms with Crippen molar-refractivity contribution in [3.8, 4) is 0 Å². The Labute approximate surface area is 126 Å². The highest BCUT2D eigenvalue weighted by atomic mass is 14.8. The quantitative estimate of drug-likeness (QED) is 0.708. The Bertz CT molecular complexity index is 739. The molecule has 2 heteroatoms. The highest BCUT2D eigenvalue weighted by molar-refractivity contribution is 5.99. The molecule has 2 nitrogen and oxygen atoms in total. The summed E-state index contributed by atoms with van der Waals surface area (Å²) in [6, 6.07) is 10.4. The van der Waals surface area contributed by atoms with Gasteiger partial charge in [-0.05, 0) is 42.7 Å². The van der Waals surface area contributed by atoms with Crippen LogP contribution in [-0.4, -0.2) is 10.7 Å². The topological polar surface area (TPSA) is 25.2 Å². The molecule has 1 heterocycles. The van der Waals surface area contributed by atoms with Crippen LogP contribution >= 0.6 is 0 Å². The molecule has 4 rings (SSSR count). The van der Waals surface area contributed by atoms with Crippen LogP contribution in [-0.2, 0) is 0 Å². The van der Waals surface area contributed by atoms with Crippen LogP contribution in [0.1, 0.15) is 40.0 Å². The lowest BCUT2D eigenvalue weighted by molar-refractivity contribution is 0.194. The summed E-state index contributed by atoms with van der Waals surface area (Å²) < 4.78 is 0. The van der Waals surface area contributed by atoms with Gasteiger partial charge in [-0.1, -0.05) is 39.0 Å². The maximum absolute atomic E-state index is 5.09. The average Bonchev–Trinajstić information content (AvgIpc) is 2.81. The van der Waals surface area contributed by atoms with Crippen molar-refractivity contribution in [3.05, 3.63) is 36.5 Å². The number of benzene rings is 1. The van der Waals surface area contributed by atoms with Crippen molar-refractivity contribution in [2.24, 2.45) is 21.7 Å². The normalized spacial score (nSPS) is 32.1. The Hall–Kier alpha value is -1.70. The van der Waals surface area contributed by atoms with E-state index in [1.807, 2.05) is 12.3 Å². The van der Waals surface area contributed by atoms with Crippen molar-refractivity contribution >= 4 is 22.3 Å². The summed E-state index contributed by atoms with van der Waals surface area (Å²) in [7, 11) is 0. The molecule has 2 aromatic rings. The number of hydrogen-bond donors (Lipinski definition) is 0. The Kier molecular flexibility index (Phi) is 2.57. The number of rotatable bonds is 1. The van der Waals surface area contributed by atoms with Crippen LogP contribution in [0.3, 0.4) is 0 Å². The molecule has 2 unspecified atom stereocenters. The van der Waals surface area contributed by atoms with E-state index in [2.05, 4.69) is 50.0 Å². The summed E-state index contributed by atoms with van der Waals surface area (Å²) in [5.74, 6) is 0.796. The number of nitrogens with zero attached hydrogens (tertiary/aromatic N) is 2. The van der Waals surface area contributed by atoms with Gasteiger partial charge < -0.3 is 0 Å². The minimum absolute atomic E-state index is 0.259. The fourth-order valence-electron chi connectivity index (χ4n) is 4.42. The molecule has 2 saturated carbocycles. The van der Waals surface area contributed by atoms with Gasteiger partial charge in [0.05, 0.1) is 11.2 Å². The predicted octanol–water partition coefficient (Wildman–Crippen LogP) is 5.15. The monoisotopic (exact) mass is 278 g/mol. The number of fused-ring (bicyclic) bond motifs is 3. The Morgan fingerprint density at radius 1 is 1.14 bits per heavy atom. The van der Waals surface area contributed by atoms with Gasteiger partial charge in [0.25, 0.3) is 0 Å². The fourth-order valence-corrected chi connectivity index (χ4v) is 4.42. The van der Waals surface area contributed by atoms with Gasteiger partial charge in [-0.15, -0.1) is 0 Å². The molecule has 2 atom stereocenters. The molecular weight excluding hydrogens is 256 g/mol. The second-order valence-electron chi connectivity index (χ2n) is 7.40. The maximum Gasteiger partial charge on any atom is 0.0958 e. The fraction of sp³-hybridized carbons (Fsp3) is 0.474. The SMILES string of the molecule is CC12CCC(CC1=Nc1cccc3cccnc13)C2(C)C. The van der Waals surface area contributed by atoms with Crippen LogP contribution in [0.5, 0.6) is 0 Å². The minimum Gasteiger partial charge on any atom is -0.255 e. The smallest absolute Gasteiger partial charge is 0.0958 e. The molecule has 0 N–H and O–H groups in total. The van der Waals surface area contributed by atoms with E-state index in [1.165, 1.54) is 23.9 Å². The summed E-state index contributed by atoms with van der Waals surface area (Å²) >= 11 is 0. The van der Waals surface area contributed by atoms with Gasteiger partial charge in [-0.3, -0.25) is 9.98 Å². The predicted molar refractivity (Wildman–Crippen MR) is 88.1 cm³/mol. The zero-order valence-corrected chi connectivity index (χ0v) is 13.1. The first kappa shape index (κ1) is 13.0. The molecule has 0 amide bonds. The molecule has 0 aliphatic heterocycles. The average molecular weight is 278 g/mol. The zero-order chi connectivity index (χ0) is 14.7. The van der Waals surface area contributed by atoms with Crippen molar-refractivity contribution in [2.75, 3.05) is 0 Å². The van der Waals surface area contributed by atoms with E-state index >= 15 is 0 Å². The van der Waals surface area contributed by atoms with E-state index in [1.54, 1.807) is 0 Å². The van der Waals surface area contributed by atoms with Crippen molar-refractivity contribution in [3.63, 3.8) is 0 Å². The van der Waals surface area contributed by atoms with E-state index in [-0.39, 0.29) is 5.41 Å². The third kappa shape index (κ3) is 1.65. The van der Waals surface area contributed by atoms with Crippen molar-refractivity contribution in [1.29, 1.82) is 0 Å². The summed E-state index contributed by atoms with van der Waals surface area (Å²) in [4.78, 5) is 9.63. The minimum atomic E-state index is 0.259. The van der Waals surface area contributed by atoms with Gasteiger partial charge in [0.2, 0.25) is 0 Å². The van der Waals surface area contributed by atoms with Crippen molar-refractivity contribution in [2.45, 2.75) is 40.0 Å². The maximum atomic E-state index is 5.09. The summed E-state index contributed by atoms with van der Waals surface area (Å²) in [6.45, 7) is 7.26. The van der Waals surface area contributed by atoms with Crippen LogP contribution in [0.4, 0.5) is 5.69 Å². The highest BCUT2D eigenvalue weighted by Crippen LogP contribution is 2.64. The van der Waals surface area contributed by atoms with E-state index < -0.39 is 0 Å². The number of aromatic nitrogens is 1. The largest absolute Gasteiger partial charge is 0.255 e. The standard InChI is InChI=1S/C19H22N2/c1-18(2)14-9-10-19(18,3)16(12-14)21-15-8-4-6-13-7-5-11-20-17(13)15/h4-8,11,14H,9-10,12H2,1-3H3. The Morgan fingerprint density at radius 3 is 2.67 bits per heavy atom. The molecule has 2 aliphatic carbocycles. The van der Waals surface area contributed by atoms with Crippen LogP contribution < -0.4 is 0 Å². The Balaban J connectivity index is 1.85. The van der Waals surface area contributed by atoms with E-state index in [0.717, 1.165) is 23.5 Å². The van der Waals surface area contributed by atoms with Gasteiger partial charge in [-0.2, -0.15) is 0 Å². The zero-order valence-electron chi connectivity index (χ0n) is 13.1. The summed E-state index contributed by atoms with van der Waals surface area (Å²) in [5, 5.41) is 1.17. The number of aliphatic imine (C=N–C) groups is 1. The highest BCUT2D eigenvalue weighted by Gasteiger charge is 2.59. The molecule has 21 heavy (non-hydrogen) atoms. The van der Waals surface area contributed by atoms with Gasteiger partial charge in [0, 0.05) is 22.7 Å². The first-order valence-electron chi connectivity index (χ1n) is 7.94. The molecule has 1 aromatic carbocycles. The molecule has 2 bridgehead atoms. The first-order valence-corrected chi connectivity index (χ1v) is 7.94. The van der Waals surface area contributed by atoms with Crippen molar-refractivity contribution < 1.29 is 0 Å². The van der Waals surface area contributed by atoms with Crippen LogP contribution in [0, 0.1) is 16.7 Å². The second kappa shape index (κ2) is 4.16. The molecular formula is C19H22N2. The Morgan fingerprint density at radius 2 is 1.95 bits per heavy atom. The molecule has 2 fully saturated rings. The van der Waals surface area contributed by atoms with Crippen LogP contribution in [0.2, 0.25) is 0 Å². The third-order valence-electron chi connectivity index (χ3n) is 6.38. The summed E-state index contributed by atoms with van der Waals surface area (Å²) in [5.41, 5.74) is 4.09. The van der Waals surface area contributed by atoms with Gasteiger partial charge in [0.15, 0.2) is 0 Å². The van der Waals surface area contributed by atoms with Gasteiger partial charge in [0.1, 0.15) is 0 Å². The molecule has 0 spiro atoms. The number of para-hydroxylation sites is 1. The lowest BCUT2D eigenvalue weighted by Crippen LogP contribution is -2.32. The van der Waals surface area contributed by atoms with Crippen LogP contribution in [0.25, 0.3) is 10.9 Å². The molecule has 2 aliphatic rings. The lowest BCUT2D eigenvalue weighted by Gasteiger charge is -2.34. The number of pyridine rings is 1. The third-order valence-corrected chi connectivity index (χ3v) is 6.38. The molecule has 108 valence electrons. The molecule has 0 radical (unpaired) electrons.